The molecule has 1 aliphatic heterocycles. The van der Waals surface area contributed by atoms with Crippen LogP contribution in [0.25, 0.3) is 0 Å². The summed E-state index contributed by atoms with van der Waals surface area (Å²) in [5, 5.41) is 2.91. The molecule has 1 aromatic carbocycles. The SMILES string of the molecule is CNCc1cc2c(cc1F)OCCCO2. The maximum Gasteiger partial charge on any atom is 0.164 e. The molecular formula is C11H14FNO2. The normalized spacial score (nSPS) is 14.8. The Balaban J connectivity index is 2.33. The van der Waals surface area contributed by atoms with Crippen LogP contribution < -0.4 is 14.8 Å². The highest BCUT2D eigenvalue weighted by Crippen LogP contribution is 2.32. The fraction of sp³-hybridized carbons (Fsp3) is 0.455. The Bertz CT molecular complexity index is 355. The molecule has 3 nitrogen and oxygen atoms in total. The van der Waals surface area contributed by atoms with Gasteiger partial charge in [-0.25, -0.2) is 4.39 Å². The van der Waals surface area contributed by atoms with Gasteiger partial charge in [0.05, 0.1) is 13.2 Å². The van der Waals surface area contributed by atoms with Gasteiger partial charge in [-0.2, -0.15) is 0 Å². The molecule has 1 N–H and O–H groups in total. The monoisotopic (exact) mass is 211 g/mol. The van der Waals surface area contributed by atoms with Gasteiger partial charge >= 0.3 is 0 Å². The second-order valence-corrected chi connectivity index (χ2v) is 3.47. The van der Waals surface area contributed by atoms with E-state index in [2.05, 4.69) is 5.32 Å². The summed E-state index contributed by atoms with van der Waals surface area (Å²) < 4.78 is 24.4. The van der Waals surface area contributed by atoms with E-state index in [4.69, 9.17) is 9.47 Å². The molecule has 0 atom stereocenters. The van der Waals surface area contributed by atoms with Crippen LogP contribution in [0.5, 0.6) is 11.5 Å². The fourth-order valence-corrected chi connectivity index (χ4v) is 1.55. The minimum absolute atomic E-state index is 0.256. The molecule has 82 valence electrons. The molecule has 0 spiro atoms. The lowest BCUT2D eigenvalue weighted by Gasteiger charge is -2.10. The Morgan fingerprint density at radius 1 is 1.27 bits per heavy atom. The van der Waals surface area contributed by atoms with Crippen LogP contribution in [0.1, 0.15) is 12.0 Å². The predicted octanol–water partition coefficient (Wildman–Crippen LogP) is 1.71. The Morgan fingerprint density at radius 3 is 2.60 bits per heavy atom. The molecule has 1 aromatic rings. The Morgan fingerprint density at radius 2 is 1.93 bits per heavy atom. The van der Waals surface area contributed by atoms with Crippen LogP contribution >= 0.6 is 0 Å². The summed E-state index contributed by atoms with van der Waals surface area (Å²) in [5.74, 6) is 0.887. The molecule has 2 rings (SSSR count). The van der Waals surface area contributed by atoms with Crippen molar-refractivity contribution in [3.05, 3.63) is 23.5 Å². The number of halogens is 1. The van der Waals surface area contributed by atoms with Crippen LogP contribution in [-0.4, -0.2) is 20.3 Å². The second kappa shape index (κ2) is 4.49. The van der Waals surface area contributed by atoms with E-state index in [1.807, 2.05) is 0 Å². The van der Waals surface area contributed by atoms with Crippen molar-refractivity contribution in [1.29, 1.82) is 0 Å². The van der Waals surface area contributed by atoms with E-state index >= 15 is 0 Å². The van der Waals surface area contributed by atoms with Crippen molar-refractivity contribution in [2.24, 2.45) is 0 Å². The maximum atomic E-state index is 13.5. The summed E-state index contributed by atoms with van der Waals surface area (Å²) in [6, 6.07) is 3.10. The van der Waals surface area contributed by atoms with Crippen molar-refractivity contribution in [2.75, 3.05) is 20.3 Å². The number of fused-ring (bicyclic) bond motifs is 1. The minimum Gasteiger partial charge on any atom is -0.490 e. The average molecular weight is 211 g/mol. The van der Waals surface area contributed by atoms with Crippen molar-refractivity contribution in [3.8, 4) is 11.5 Å². The number of hydrogen-bond acceptors (Lipinski definition) is 3. The van der Waals surface area contributed by atoms with Gasteiger partial charge in [0.1, 0.15) is 5.82 Å². The summed E-state index contributed by atoms with van der Waals surface area (Å²) in [6.07, 6.45) is 0.831. The first-order valence-corrected chi connectivity index (χ1v) is 5.04. The zero-order chi connectivity index (χ0) is 10.7. The van der Waals surface area contributed by atoms with Gasteiger partial charge in [0.25, 0.3) is 0 Å². The van der Waals surface area contributed by atoms with Gasteiger partial charge in [-0.1, -0.05) is 0 Å². The van der Waals surface area contributed by atoms with Crippen molar-refractivity contribution in [1.82, 2.24) is 5.32 Å². The van der Waals surface area contributed by atoms with Crippen LogP contribution in [0.4, 0.5) is 4.39 Å². The number of rotatable bonds is 2. The number of ether oxygens (including phenoxy) is 2. The standard InChI is InChI=1S/C11H14FNO2/c1-13-7-8-5-10-11(6-9(8)12)15-4-2-3-14-10/h5-6,13H,2-4,7H2,1H3. The van der Waals surface area contributed by atoms with Crippen LogP contribution in [0.2, 0.25) is 0 Å². The predicted molar refractivity (Wildman–Crippen MR) is 54.8 cm³/mol. The highest BCUT2D eigenvalue weighted by Gasteiger charge is 2.14. The van der Waals surface area contributed by atoms with Gasteiger partial charge in [-0.05, 0) is 13.1 Å². The molecular weight excluding hydrogens is 197 g/mol. The third-order valence-electron chi connectivity index (χ3n) is 2.28. The van der Waals surface area contributed by atoms with Gasteiger partial charge in [-0.3, -0.25) is 0 Å². The summed E-state index contributed by atoms with van der Waals surface area (Å²) >= 11 is 0. The fourth-order valence-electron chi connectivity index (χ4n) is 1.55. The third-order valence-corrected chi connectivity index (χ3v) is 2.28. The molecule has 0 aliphatic carbocycles. The molecule has 0 amide bonds. The lowest BCUT2D eigenvalue weighted by molar-refractivity contribution is 0.296. The van der Waals surface area contributed by atoms with Crippen LogP contribution in [-0.2, 0) is 6.54 Å². The van der Waals surface area contributed by atoms with E-state index in [0.717, 1.165) is 6.42 Å². The summed E-state index contributed by atoms with van der Waals surface area (Å²) in [7, 11) is 1.78. The van der Waals surface area contributed by atoms with E-state index in [-0.39, 0.29) is 5.82 Å². The van der Waals surface area contributed by atoms with Gasteiger partial charge in [0.15, 0.2) is 11.5 Å². The summed E-state index contributed by atoms with van der Waals surface area (Å²) in [5.41, 5.74) is 0.599. The third kappa shape index (κ3) is 2.21. The molecule has 1 heterocycles. The van der Waals surface area contributed by atoms with Crippen molar-refractivity contribution in [3.63, 3.8) is 0 Å². The van der Waals surface area contributed by atoms with E-state index in [1.165, 1.54) is 6.07 Å². The van der Waals surface area contributed by atoms with Crippen molar-refractivity contribution < 1.29 is 13.9 Å². The molecule has 0 unspecified atom stereocenters. The molecule has 0 bridgehead atoms. The van der Waals surface area contributed by atoms with E-state index in [0.29, 0.717) is 36.8 Å². The Hall–Kier alpha value is -1.29. The first-order chi connectivity index (χ1) is 7.31. The average Bonchev–Trinajstić information content (AvgIpc) is 2.44. The van der Waals surface area contributed by atoms with Crippen molar-refractivity contribution >= 4 is 0 Å². The highest BCUT2D eigenvalue weighted by molar-refractivity contribution is 5.44. The Kier molecular flexibility index (Phi) is 3.06. The lowest BCUT2D eigenvalue weighted by Crippen LogP contribution is -2.07. The van der Waals surface area contributed by atoms with Crippen LogP contribution in [0, 0.1) is 5.82 Å². The quantitative estimate of drug-likeness (QED) is 0.807. The number of hydrogen-bond donors (Lipinski definition) is 1. The van der Waals surface area contributed by atoms with Gasteiger partial charge in [0.2, 0.25) is 0 Å². The molecule has 0 aromatic heterocycles. The van der Waals surface area contributed by atoms with Crippen LogP contribution in [0.15, 0.2) is 12.1 Å². The first kappa shape index (κ1) is 10.2. The molecule has 4 heteroatoms. The zero-order valence-electron chi connectivity index (χ0n) is 8.68. The summed E-state index contributed by atoms with van der Waals surface area (Å²) in [4.78, 5) is 0. The zero-order valence-corrected chi connectivity index (χ0v) is 8.68. The number of benzene rings is 1. The second-order valence-electron chi connectivity index (χ2n) is 3.47. The molecule has 15 heavy (non-hydrogen) atoms. The Labute approximate surface area is 88.2 Å². The lowest BCUT2D eigenvalue weighted by atomic mass is 10.2. The first-order valence-electron chi connectivity index (χ1n) is 5.04. The van der Waals surface area contributed by atoms with Crippen LogP contribution in [0.3, 0.4) is 0 Å². The molecule has 1 aliphatic rings. The van der Waals surface area contributed by atoms with E-state index in [9.17, 15) is 4.39 Å². The number of nitrogens with one attached hydrogen (secondary N) is 1. The molecule has 0 saturated heterocycles. The van der Waals surface area contributed by atoms with Crippen molar-refractivity contribution in [2.45, 2.75) is 13.0 Å². The largest absolute Gasteiger partial charge is 0.490 e. The van der Waals surface area contributed by atoms with E-state index < -0.39 is 0 Å². The van der Waals surface area contributed by atoms with Gasteiger partial charge in [0, 0.05) is 24.6 Å². The molecule has 0 radical (unpaired) electrons. The molecule has 0 fully saturated rings. The summed E-state index contributed by atoms with van der Waals surface area (Å²) in [6.45, 7) is 1.69. The topological polar surface area (TPSA) is 30.5 Å². The minimum atomic E-state index is -0.256. The van der Waals surface area contributed by atoms with Gasteiger partial charge < -0.3 is 14.8 Å². The van der Waals surface area contributed by atoms with E-state index in [1.54, 1.807) is 13.1 Å². The van der Waals surface area contributed by atoms with Gasteiger partial charge in [-0.15, -0.1) is 0 Å². The smallest absolute Gasteiger partial charge is 0.164 e. The molecule has 0 saturated carbocycles. The highest BCUT2D eigenvalue weighted by atomic mass is 19.1. The maximum absolute atomic E-state index is 13.5.